The van der Waals surface area contributed by atoms with E-state index in [9.17, 15) is 8.78 Å². The van der Waals surface area contributed by atoms with Crippen LogP contribution in [0.4, 0.5) is 8.78 Å². The topological polar surface area (TPSA) is 0 Å². The van der Waals surface area contributed by atoms with E-state index in [-0.39, 0.29) is 5.56 Å². The van der Waals surface area contributed by atoms with Crippen LogP contribution >= 0.6 is 43.5 Å². The van der Waals surface area contributed by atoms with Gasteiger partial charge in [0.2, 0.25) is 0 Å². The lowest BCUT2D eigenvalue weighted by Crippen LogP contribution is -1.97. The van der Waals surface area contributed by atoms with E-state index in [1.165, 1.54) is 6.07 Å². The summed E-state index contributed by atoms with van der Waals surface area (Å²) in [7, 11) is 0. The summed E-state index contributed by atoms with van der Waals surface area (Å²) < 4.78 is 27.5. The van der Waals surface area contributed by atoms with Crippen LogP contribution in [0.2, 0.25) is 5.02 Å². The monoisotopic (exact) mass is 394 g/mol. The molecule has 0 saturated carbocycles. The van der Waals surface area contributed by atoms with Gasteiger partial charge in [-0.25, -0.2) is 8.78 Å². The first kappa shape index (κ1) is 14.0. The summed E-state index contributed by atoms with van der Waals surface area (Å²) in [6, 6.07) is 8.62. The van der Waals surface area contributed by atoms with Gasteiger partial charge in [-0.1, -0.05) is 33.6 Å². The molecule has 2 aromatic rings. The molecule has 0 spiro atoms. The normalized spacial score (nSPS) is 12.5. The maximum atomic E-state index is 13.7. The van der Waals surface area contributed by atoms with Crippen LogP contribution in [-0.4, -0.2) is 0 Å². The molecule has 0 fully saturated rings. The highest BCUT2D eigenvalue weighted by atomic mass is 79.9. The molecule has 0 aromatic heterocycles. The van der Waals surface area contributed by atoms with Crippen molar-refractivity contribution < 1.29 is 8.78 Å². The molecular formula is C13H7Br2ClF2. The molecule has 0 aliphatic rings. The van der Waals surface area contributed by atoms with Gasteiger partial charge in [-0.3, -0.25) is 0 Å². The Morgan fingerprint density at radius 1 is 1.06 bits per heavy atom. The first-order valence-corrected chi connectivity index (χ1v) is 7.11. The van der Waals surface area contributed by atoms with Crippen molar-refractivity contribution in [2.45, 2.75) is 4.83 Å². The van der Waals surface area contributed by atoms with Gasteiger partial charge in [0.25, 0.3) is 0 Å². The smallest absolute Gasteiger partial charge is 0.128 e. The van der Waals surface area contributed by atoms with Crippen molar-refractivity contribution in [1.82, 2.24) is 0 Å². The molecule has 94 valence electrons. The Kier molecular flexibility index (Phi) is 4.41. The van der Waals surface area contributed by atoms with Gasteiger partial charge in [-0.15, -0.1) is 0 Å². The fourth-order valence-electron chi connectivity index (χ4n) is 1.56. The third-order valence-corrected chi connectivity index (χ3v) is 4.70. The van der Waals surface area contributed by atoms with Gasteiger partial charge in [-0.2, -0.15) is 0 Å². The van der Waals surface area contributed by atoms with Gasteiger partial charge in [0, 0.05) is 10.0 Å². The quantitative estimate of drug-likeness (QED) is 0.558. The number of alkyl halides is 1. The van der Waals surface area contributed by atoms with Gasteiger partial charge in [0.1, 0.15) is 11.6 Å². The van der Waals surface area contributed by atoms with Crippen molar-refractivity contribution in [3.8, 4) is 0 Å². The Balaban J connectivity index is 2.44. The summed E-state index contributed by atoms with van der Waals surface area (Å²) in [5.74, 6) is -0.923. The van der Waals surface area contributed by atoms with Crippen molar-refractivity contribution in [1.29, 1.82) is 0 Å². The van der Waals surface area contributed by atoms with Gasteiger partial charge < -0.3 is 0 Å². The Morgan fingerprint density at radius 3 is 2.44 bits per heavy atom. The number of benzene rings is 2. The summed E-state index contributed by atoms with van der Waals surface area (Å²) in [6.45, 7) is 0. The van der Waals surface area contributed by atoms with Crippen molar-refractivity contribution in [2.75, 3.05) is 0 Å². The molecule has 0 radical (unpaired) electrons. The second-order valence-electron chi connectivity index (χ2n) is 3.70. The lowest BCUT2D eigenvalue weighted by atomic mass is 10.0. The minimum Gasteiger partial charge on any atom is -0.207 e. The molecule has 1 unspecified atom stereocenters. The molecule has 0 bridgehead atoms. The highest BCUT2D eigenvalue weighted by Gasteiger charge is 2.16. The van der Waals surface area contributed by atoms with E-state index in [2.05, 4.69) is 31.9 Å². The van der Waals surface area contributed by atoms with E-state index in [4.69, 9.17) is 11.6 Å². The van der Waals surface area contributed by atoms with Crippen LogP contribution in [0.1, 0.15) is 16.0 Å². The van der Waals surface area contributed by atoms with Crippen molar-refractivity contribution in [3.63, 3.8) is 0 Å². The van der Waals surface area contributed by atoms with Crippen LogP contribution in [0.3, 0.4) is 0 Å². The molecule has 18 heavy (non-hydrogen) atoms. The second kappa shape index (κ2) is 5.68. The Labute approximate surface area is 125 Å². The summed E-state index contributed by atoms with van der Waals surface area (Å²) in [5.41, 5.74) is 1.04. The van der Waals surface area contributed by atoms with Crippen LogP contribution in [0.25, 0.3) is 0 Å². The molecule has 0 saturated heterocycles. The van der Waals surface area contributed by atoms with Crippen LogP contribution in [0, 0.1) is 11.6 Å². The molecule has 5 heteroatoms. The highest BCUT2D eigenvalue weighted by Crippen LogP contribution is 2.35. The lowest BCUT2D eigenvalue weighted by molar-refractivity contribution is 0.588. The summed E-state index contributed by atoms with van der Waals surface area (Å²) in [4.78, 5) is -0.429. The van der Waals surface area contributed by atoms with Crippen molar-refractivity contribution >= 4 is 43.5 Å². The molecule has 0 amide bonds. The van der Waals surface area contributed by atoms with Crippen LogP contribution in [-0.2, 0) is 0 Å². The van der Waals surface area contributed by atoms with Crippen molar-refractivity contribution in [3.05, 3.63) is 68.7 Å². The highest BCUT2D eigenvalue weighted by molar-refractivity contribution is 9.10. The Hall–Kier alpha value is -0.450. The summed E-state index contributed by atoms with van der Waals surface area (Å²) in [5, 5.41) is 0.568. The third kappa shape index (κ3) is 2.92. The van der Waals surface area contributed by atoms with E-state index in [0.717, 1.165) is 17.7 Å². The molecule has 1 atom stereocenters. The van der Waals surface area contributed by atoms with Gasteiger partial charge >= 0.3 is 0 Å². The zero-order valence-electron chi connectivity index (χ0n) is 8.93. The van der Waals surface area contributed by atoms with Gasteiger partial charge in [0.05, 0.1) is 9.85 Å². The maximum absolute atomic E-state index is 13.7. The standard InChI is InChI=1S/C13H7Br2ClF2/c14-10-5-7(1-3-11(10)16)13(15)9-6-8(17)2-4-12(9)18/h1-6,13H. The molecular weight excluding hydrogens is 389 g/mol. The zero-order valence-corrected chi connectivity index (χ0v) is 12.9. The Morgan fingerprint density at radius 2 is 1.78 bits per heavy atom. The fourth-order valence-corrected chi connectivity index (χ4v) is 2.71. The second-order valence-corrected chi connectivity index (χ2v) is 5.88. The average Bonchev–Trinajstić information content (AvgIpc) is 2.35. The first-order chi connectivity index (χ1) is 8.49. The number of hydrogen-bond donors (Lipinski definition) is 0. The van der Waals surface area contributed by atoms with E-state index < -0.39 is 16.5 Å². The molecule has 0 aliphatic carbocycles. The Bertz CT molecular complexity index is 587. The zero-order chi connectivity index (χ0) is 13.3. The van der Waals surface area contributed by atoms with Crippen LogP contribution < -0.4 is 0 Å². The predicted octanol–water partition coefficient (Wildman–Crippen LogP) is 5.87. The summed E-state index contributed by atoms with van der Waals surface area (Å²) >= 11 is 12.6. The molecule has 0 heterocycles. The van der Waals surface area contributed by atoms with E-state index in [1.807, 2.05) is 0 Å². The average molecular weight is 396 g/mol. The largest absolute Gasteiger partial charge is 0.207 e. The maximum Gasteiger partial charge on any atom is 0.128 e. The first-order valence-electron chi connectivity index (χ1n) is 5.03. The van der Waals surface area contributed by atoms with Gasteiger partial charge in [-0.05, 0) is 51.8 Å². The minimum absolute atomic E-state index is 0.254. The fraction of sp³-hybridized carbons (Fsp3) is 0.0769. The number of halogens is 5. The lowest BCUT2D eigenvalue weighted by Gasteiger charge is -2.12. The summed E-state index contributed by atoms with van der Waals surface area (Å²) in [6.07, 6.45) is 0. The SMILES string of the molecule is Fc1ccc(F)c(C(Br)c2ccc(Cl)c(Br)c2)c1. The molecule has 2 rings (SSSR count). The van der Waals surface area contributed by atoms with Gasteiger partial charge in [0.15, 0.2) is 0 Å². The van der Waals surface area contributed by atoms with Crippen molar-refractivity contribution in [2.24, 2.45) is 0 Å². The van der Waals surface area contributed by atoms with Crippen LogP contribution in [0.15, 0.2) is 40.9 Å². The third-order valence-electron chi connectivity index (χ3n) is 2.47. The predicted molar refractivity (Wildman–Crippen MR) is 76.3 cm³/mol. The minimum atomic E-state index is -0.469. The van der Waals surface area contributed by atoms with E-state index in [0.29, 0.717) is 9.50 Å². The molecule has 0 nitrogen and oxygen atoms in total. The molecule has 0 N–H and O–H groups in total. The van der Waals surface area contributed by atoms with E-state index >= 15 is 0 Å². The molecule has 0 aliphatic heterocycles. The van der Waals surface area contributed by atoms with Crippen LogP contribution in [0.5, 0.6) is 0 Å². The molecule has 2 aromatic carbocycles. The number of rotatable bonds is 2. The van der Waals surface area contributed by atoms with E-state index in [1.54, 1.807) is 18.2 Å². The number of hydrogen-bond acceptors (Lipinski definition) is 0.